The van der Waals surface area contributed by atoms with Crippen molar-refractivity contribution < 1.29 is 13.9 Å². The van der Waals surface area contributed by atoms with Crippen LogP contribution >= 0.6 is 0 Å². The van der Waals surface area contributed by atoms with Crippen molar-refractivity contribution in [2.75, 3.05) is 44.8 Å². The van der Waals surface area contributed by atoms with Crippen LogP contribution in [0.15, 0.2) is 30.9 Å². The van der Waals surface area contributed by atoms with Crippen LogP contribution in [0.2, 0.25) is 0 Å². The molecular formula is C25H37FN8O2. The fourth-order valence-electron chi connectivity index (χ4n) is 4.00. The van der Waals surface area contributed by atoms with Gasteiger partial charge in [-0.05, 0) is 49.5 Å². The van der Waals surface area contributed by atoms with Crippen LogP contribution in [-0.2, 0) is 16.7 Å². The monoisotopic (exact) mass is 500 g/mol. The number of carbonyl (C=O) groups is 1. The molecular weight excluding hydrogens is 463 g/mol. The molecule has 196 valence electrons. The van der Waals surface area contributed by atoms with Gasteiger partial charge >= 0.3 is 6.03 Å². The number of aryl methyl sites for hydroxylation is 1. The quantitative estimate of drug-likeness (QED) is 0.345. The van der Waals surface area contributed by atoms with Crippen LogP contribution in [0.4, 0.5) is 20.7 Å². The van der Waals surface area contributed by atoms with Gasteiger partial charge < -0.3 is 30.6 Å². The molecule has 36 heavy (non-hydrogen) atoms. The number of carbonyl (C=O) groups excluding carboxylic acids is 1. The third-order valence-corrected chi connectivity index (χ3v) is 6.01. The summed E-state index contributed by atoms with van der Waals surface area (Å²) in [5.74, 6) is 0.0444. The van der Waals surface area contributed by atoms with Gasteiger partial charge in [0.15, 0.2) is 11.5 Å². The first-order chi connectivity index (χ1) is 17.1. The lowest BCUT2D eigenvalue weighted by Gasteiger charge is -2.23. The average Bonchev–Trinajstić information content (AvgIpc) is 3.23. The zero-order valence-electron chi connectivity index (χ0n) is 21.7. The van der Waals surface area contributed by atoms with Crippen LogP contribution in [-0.4, -0.2) is 70.3 Å². The van der Waals surface area contributed by atoms with Gasteiger partial charge in [-0.2, -0.15) is 0 Å². The molecule has 1 unspecified atom stereocenters. The number of hydrogen-bond donors (Lipinski definition) is 3. The van der Waals surface area contributed by atoms with E-state index in [-0.39, 0.29) is 23.4 Å². The first kappa shape index (κ1) is 27.3. The zero-order chi connectivity index (χ0) is 26.3. The number of nitrogens with zero attached hydrogens (tertiary/aromatic N) is 5. The molecule has 3 aromatic rings. The Morgan fingerprint density at radius 3 is 2.75 bits per heavy atom. The lowest BCUT2D eigenvalue weighted by molar-refractivity contribution is 0.0622. The molecule has 2 amide bonds. The zero-order valence-corrected chi connectivity index (χ0v) is 21.7. The van der Waals surface area contributed by atoms with E-state index in [1.165, 1.54) is 12.4 Å². The number of nitrogen functional groups attached to an aromatic ring is 1. The van der Waals surface area contributed by atoms with E-state index in [0.717, 1.165) is 25.9 Å². The van der Waals surface area contributed by atoms with E-state index < -0.39 is 0 Å². The average molecular weight is 501 g/mol. The Morgan fingerprint density at radius 2 is 2.06 bits per heavy atom. The minimum absolute atomic E-state index is 0.0221. The van der Waals surface area contributed by atoms with Crippen molar-refractivity contribution in [3.05, 3.63) is 42.2 Å². The van der Waals surface area contributed by atoms with Gasteiger partial charge in [0, 0.05) is 32.4 Å². The maximum Gasteiger partial charge on any atom is 0.319 e. The first-order valence-electron chi connectivity index (χ1n) is 12.1. The predicted octanol–water partition coefficient (Wildman–Crippen LogP) is 3.39. The summed E-state index contributed by atoms with van der Waals surface area (Å²) in [5, 5.41) is 5.51. The van der Waals surface area contributed by atoms with E-state index in [4.69, 9.17) is 10.5 Å². The minimum atomic E-state index is -0.354. The Morgan fingerprint density at radius 1 is 1.28 bits per heavy atom. The number of nitrogens with two attached hydrogens (primary N) is 1. The van der Waals surface area contributed by atoms with Crippen LogP contribution in [0.1, 0.15) is 39.2 Å². The van der Waals surface area contributed by atoms with Gasteiger partial charge in [0.05, 0.1) is 12.4 Å². The molecule has 2 heterocycles. The third kappa shape index (κ3) is 7.34. The summed E-state index contributed by atoms with van der Waals surface area (Å²) in [6.45, 7) is 8.56. The lowest BCUT2D eigenvalue weighted by Crippen LogP contribution is -2.35. The number of nitrogens with one attached hydrogen (secondary N) is 2. The topological polar surface area (TPSA) is 123 Å². The van der Waals surface area contributed by atoms with E-state index in [9.17, 15) is 9.18 Å². The highest BCUT2D eigenvalue weighted by atomic mass is 19.1. The summed E-state index contributed by atoms with van der Waals surface area (Å²) < 4.78 is 22.0. The van der Waals surface area contributed by atoms with Crippen molar-refractivity contribution in [2.24, 2.45) is 0 Å². The maximum atomic E-state index is 14.3. The van der Waals surface area contributed by atoms with Crippen LogP contribution < -0.4 is 16.4 Å². The standard InChI is InChI=1S/C25H37FN8O2/c1-25(2,3)19-8-7-17(13-20(19)26)32-24(35)28-10-6-11-33(4)14-18(36-5)9-12-34-16-31-21-22(27)29-15-30-23(21)34/h7-8,13,15-16,18H,6,9-12,14H2,1-5H3,(H2,27,29,30)(H2,28,32,35). The van der Waals surface area contributed by atoms with E-state index >= 15 is 0 Å². The van der Waals surface area contributed by atoms with Gasteiger partial charge in [-0.3, -0.25) is 0 Å². The molecule has 4 N–H and O–H groups in total. The number of rotatable bonds is 11. The largest absolute Gasteiger partial charge is 0.382 e. The second kappa shape index (κ2) is 12.1. The van der Waals surface area contributed by atoms with Crippen molar-refractivity contribution >= 4 is 28.7 Å². The highest BCUT2D eigenvalue weighted by Gasteiger charge is 2.19. The summed E-state index contributed by atoms with van der Waals surface area (Å²) in [6.07, 6.45) is 4.72. The highest BCUT2D eigenvalue weighted by molar-refractivity contribution is 5.89. The number of methoxy groups -OCH3 is 1. The van der Waals surface area contributed by atoms with Crippen molar-refractivity contribution in [3.8, 4) is 0 Å². The molecule has 0 aliphatic heterocycles. The van der Waals surface area contributed by atoms with Gasteiger partial charge in [-0.15, -0.1) is 0 Å². The molecule has 0 aliphatic carbocycles. The second-order valence-corrected chi connectivity index (χ2v) is 9.96. The molecule has 1 aromatic carbocycles. The van der Waals surface area contributed by atoms with Gasteiger partial charge in [-0.25, -0.2) is 24.1 Å². The predicted molar refractivity (Wildman–Crippen MR) is 139 cm³/mol. The summed E-state index contributed by atoms with van der Waals surface area (Å²) in [4.78, 5) is 26.9. The molecule has 2 aromatic heterocycles. The number of fused-ring (bicyclic) bond motifs is 1. The fraction of sp³-hybridized carbons (Fsp3) is 0.520. The Bertz CT molecular complexity index is 1160. The number of benzene rings is 1. The van der Waals surface area contributed by atoms with Gasteiger partial charge in [0.25, 0.3) is 0 Å². The van der Waals surface area contributed by atoms with Crippen molar-refractivity contribution in [1.29, 1.82) is 0 Å². The molecule has 0 saturated carbocycles. The molecule has 0 bridgehead atoms. The van der Waals surface area contributed by atoms with Crippen LogP contribution in [0.3, 0.4) is 0 Å². The molecule has 0 aliphatic rings. The van der Waals surface area contributed by atoms with Crippen LogP contribution in [0.5, 0.6) is 0 Å². The number of anilines is 2. The maximum absolute atomic E-state index is 14.3. The molecule has 1 atom stereocenters. The minimum Gasteiger partial charge on any atom is -0.382 e. The third-order valence-electron chi connectivity index (χ3n) is 6.01. The number of amides is 2. The highest BCUT2D eigenvalue weighted by Crippen LogP contribution is 2.26. The van der Waals surface area contributed by atoms with Gasteiger partial charge in [0.2, 0.25) is 0 Å². The van der Waals surface area contributed by atoms with E-state index in [1.54, 1.807) is 25.6 Å². The first-order valence-corrected chi connectivity index (χ1v) is 12.1. The van der Waals surface area contributed by atoms with E-state index in [2.05, 4.69) is 30.5 Å². The van der Waals surface area contributed by atoms with Crippen molar-refractivity contribution in [2.45, 2.75) is 51.7 Å². The second-order valence-electron chi connectivity index (χ2n) is 9.96. The number of ether oxygens (including phenoxy) is 1. The molecule has 11 heteroatoms. The van der Waals surface area contributed by atoms with E-state index in [0.29, 0.717) is 41.3 Å². The van der Waals surface area contributed by atoms with Crippen molar-refractivity contribution in [1.82, 2.24) is 29.7 Å². The number of aromatic nitrogens is 4. The number of hydrogen-bond acceptors (Lipinski definition) is 7. The van der Waals surface area contributed by atoms with Gasteiger partial charge in [0.1, 0.15) is 17.7 Å². The lowest BCUT2D eigenvalue weighted by atomic mass is 9.86. The Kier molecular flexibility index (Phi) is 9.16. The molecule has 0 fully saturated rings. The summed E-state index contributed by atoms with van der Waals surface area (Å²) in [5.41, 5.74) is 7.92. The molecule has 0 saturated heterocycles. The molecule has 0 spiro atoms. The van der Waals surface area contributed by atoms with E-state index in [1.807, 2.05) is 32.4 Å². The van der Waals surface area contributed by atoms with Crippen molar-refractivity contribution in [3.63, 3.8) is 0 Å². The Hall–Kier alpha value is -3.31. The summed E-state index contributed by atoms with van der Waals surface area (Å²) >= 11 is 0. The normalized spacial score (nSPS) is 12.8. The fourth-order valence-corrected chi connectivity index (χ4v) is 4.00. The van der Waals surface area contributed by atoms with Crippen LogP contribution in [0, 0.1) is 5.82 Å². The number of urea groups is 1. The SMILES string of the molecule is COC(CCn1cnc2c(N)ncnc21)CN(C)CCCNC(=O)Nc1ccc(C(C)(C)C)c(F)c1. The Labute approximate surface area is 211 Å². The summed E-state index contributed by atoms with van der Waals surface area (Å²) in [7, 11) is 3.72. The number of likely N-dealkylation sites (N-methyl/N-ethyl adjacent to an activating group) is 1. The van der Waals surface area contributed by atoms with Gasteiger partial charge in [-0.1, -0.05) is 26.8 Å². The summed E-state index contributed by atoms with van der Waals surface area (Å²) in [6, 6.07) is 4.43. The van der Waals surface area contributed by atoms with Crippen LogP contribution in [0.25, 0.3) is 11.2 Å². The number of halogens is 1. The number of imidazole rings is 1. The Balaban J connectivity index is 1.37. The smallest absolute Gasteiger partial charge is 0.319 e. The molecule has 10 nitrogen and oxygen atoms in total. The molecule has 0 radical (unpaired) electrons. The molecule has 3 rings (SSSR count).